The molecule has 1 atom stereocenters. The highest BCUT2D eigenvalue weighted by atomic mass is 79.9. The lowest BCUT2D eigenvalue weighted by Gasteiger charge is -2.40. The van der Waals surface area contributed by atoms with Gasteiger partial charge in [0.25, 0.3) is 0 Å². The van der Waals surface area contributed by atoms with Gasteiger partial charge in [-0.15, -0.1) is 0 Å². The molecule has 5 heteroatoms. The van der Waals surface area contributed by atoms with Crippen molar-refractivity contribution in [3.05, 3.63) is 57.8 Å². The number of aromatic nitrogens is 1. The van der Waals surface area contributed by atoms with Crippen molar-refractivity contribution >= 4 is 15.9 Å². The van der Waals surface area contributed by atoms with Crippen molar-refractivity contribution in [3.63, 3.8) is 0 Å². The number of halogens is 1. The van der Waals surface area contributed by atoms with Crippen LogP contribution in [0, 0.1) is 5.92 Å². The van der Waals surface area contributed by atoms with Crippen molar-refractivity contribution < 1.29 is 9.84 Å². The van der Waals surface area contributed by atoms with E-state index < -0.39 is 5.60 Å². The van der Waals surface area contributed by atoms with Crippen molar-refractivity contribution in [2.24, 2.45) is 5.92 Å². The summed E-state index contributed by atoms with van der Waals surface area (Å²) in [4.78, 5) is 6.91. The van der Waals surface area contributed by atoms with Crippen molar-refractivity contribution in [3.8, 4) is 5.75 Å². The molecule has 0 aliphatic carbocycles. The second kappa shape index (κ2) is 6.14. The highest BCUT2D eigenvalue weighted by Crippen LogP contribution is 2.47. The van der Waals surface area contributed by atoms with Crippen LogP contribution in [0.15, 0.2) is 41.0 Å². The quantitative estimate of drug-likeness (QED) is 0.813. The lowest BCUT2D eigenvalue weighted by Crippen LogP contribution is -2.44. The second-order valence-electron chi connectivity index (χ2n) is 6.78. The molecule has 4 rings (SSSR count). The van der Waals surface area contributed by atoms with Gasteiger partial charge in [-0.3, -0.25) is 4.98 Å². The smallest absolute Gasteiger partial charge is 0.138 e. The van der Waals surface area contributed by atoms with E-state index in [1.54, 1.807) is 6.20 Å². The molecule has 0 bridgehead atoms. The van der Waals surface area contributed by atoms with Gasteiger partial charge in [0, 0.05) is 27.7 Å². The molecule has 0 spiro atoms. The van der Waals surface area contributed by atoms with Crippen LogP contribution in [-0.4, -0.2) is 35.1 Å². The molecule has 24 heavy (non-hydrogen) atoms. The predicted octanol–water partition coefficient (Wildman–Crippen LogP) is 3.31. The monoisotopic (exact) mass is 388 g/mol. The highest BCUT2D eigenvalue weighted by molar-refractivity contribution is 9.10. The van der Waals surface area contributed by atoms with E-state index in [0.717, 1.165) is 53.0 Å². The molecule has 2 aliphatic rings. The maximum Gasteiger partial charge on any atom is 0.138 e. The Morgan fingerprint density at radius 1 is 1.29 bits per heavy atom. The Labute approximate surface area is 150 Å². The predicted molar refractivity (Wildman–Crippen MR) is 95.9 cm³/mol. The summed E-state index contributed by atoms with van der Waals surface area (Å²) in [5.41, 5.74) is 1.44. The number of ether oxygens (including phenoxy) is 1. The van der Waals surface area contributed by atoms with Gasteiger partial charge in [-0.25, -0.2) is 0 Å². The fourth-order valence-corrected chi connectivity index (χ4v) is 4.29. The Hall–Kier alpha value is -1.43. The van der Waals surface area contributed by atoms with E-state index >= 15 is 0 Å². The first-order valence-electron chi connectivity index (χ1n) is 8.37. The Bertz CT molecular complexity index is 759. The molecule has 2 aromatic rings. The minimum Gasteiger partial charge on any atom is -0.488 e. The Morgan fingerprint density at radius 2 is 2.08 bits per heavy atom. The first-order valence-corrected chi connectivity index (χ1v) is 9.16. The number of rotatable bonds is 1. The molecular weight excluding hydrogens is 368 g/mol. The normalized spacial score (nSPS) is 24.6. The molecule has 0 amide bonds. The highest BCUT2D eigenvalue weighted by Gasteiger charge is 2.46. The molecule has 1 fully saturated rings. The molecule has 3 heterocycles. The van der Waals surface area contributed by atoms with Crippen LogP contribution in [0.2, 0.25) is 0 Å². The third-order valence-electron chi connectivity index (χ3n) is 5.30. The third-order valence-corrected chi connectivity index (χ3v) is 5.79. The summed E-state index contributed by atoms with van der Waals surface area (Å²) < 4.78 is 6.97. The van der Waals surface area contributed by atoms with Crippen LogP contribution in [-0.2, 0) is 12.2 Å². The summed E-state index contributed by atoms with van der Waals surface area (Å²) in [5, 5.41) is 12.0. The van der Waals surface area contributed by atoms with Crippen LogP contribution < -0.4 is 4.74 Å². The van der Waals surface area contributed by atoms with E-state index in [1.807, 2.05) is 30.3 Å². The fourth-order valence-electron chi connectivity index (χ4n) is 3.95. The van der Waals surface area contributed by atoms with Crippen LogP contribution in [0.3, 0.4) is 0 Å². The van der Waals surface area contributed by atoms with Crippen LogP contribution in [0.25, 0.3) is 0 Å². The van der Waals surface area contributed by atoms with Gasteiger partial charge in [0.1, 0.15) is 18.0 Å². The zero-order chi connectivity index (χ0) is 16.7. The third kappa shape index (κ3) is 2.55. The summed E-state index contributed by atoms with van der Waals surface area (Å²) >= 11 is 3.51. The fraction of sp³-hybridized carbons (Fsp3) is 0.421. The molecule has 2 aliphatic heterocycles. The summed E-state index contributed by atoms with van der Waals surface area (Å²) in [7, 11) is 2.13. The first kappa shape index (κ1) is 16.1. The maximum atomic E-state index is 12.0. The van der Waals surface area contributed by atoms with Crippen LogP contribution >= 0.6 is 15.9 Å². The minimum atomic E-state index is -1.11. The molecule has 1 unspecified atom stereocenters. The summed E-state index contributed by atoms with van der Waals surface area (Å²) in [6, 6.07) is 9.80. The van der Waals surface area contributed by atoms with Crippen LogP contribution in [0.1, 0.15) is 29.7 Å². The van der Waals surface area contributed by atoms with Crippen molar-refractivity contribution in [2.75, 3.05) is 20.1 Å². The first-order chi connectivity index (χ1) is 11.6. The van der Waals surface area contributed by atoms with Crippen LogP contribution in [0.4, 0.5) is 0 Å². The molecule has 1 saturated heterocycles. The molecule has 0 radical (unpaired) electrons. The van der Waals surface area contributed by atoms with Gasteiger partial charge < -0.3 is 14.7 Å². The van der Waals surface area contributed by atoms with E-state index in [9.17, 15) is 5.11 Å². The van der Waals surface area contributed by atoms with Gasteiger partial charge in [-0.1, -0.05) is 28.1 Å². The summed E-state index contributed by atoms with van der Waals surface area (Å²) in [5.74, 6) is 0.868. The van der Waals surface area contributed by atoms with Gasteiger partial charge in [0.15, 0.2) is 0 Å². The zero-order valence-electron chi connectivity index (χ0n) is 13.7. The van der Waals surface area contributed by atoms with Gasteiger partial charge in [0.2, 0.25) is 0 Å². The molecule has 1 aromatic heterocycles. The molecule has 4 nitrogen and oxygen atoms in total. The maximum absolute atomic E-state index is 12.0. The number of hydrogen-bond acceptors (Lipinski definition) is 4. The molecular formula is C19H21BrN2O2. The largest absolute Gasteiger partial charge is 0.488 e. The Morgan fingerprint density at radius 3 is 2.88 bits per heavy atom. The number of aliphatic hydroxyl groups is 1. The molecule has 0 saturated carbocycles. The molecule has 1 N–H and O–H groups in total. The number of likely N-dealkylation sites (tertiary alicyclic amines) is 1. The van der Waals surface area contributed by atoms with Crippen molar-refractivity contribution in [1.29, 1.82) is 0 Å². The Balaban J connectivity index is 1.90. The topological polar surface area (TPSA) is 45.6 Å². The SMILES string of the molecule is CN1CCC(C2(O)c3ccc(Br)cc3OCc3cccnc32)CC1. The second-order valence-corrected chi connectivity index (χ2v) is 7.70. The zero-order valence-corrected chi connectivity index (χ0v) is 15.3. The summed E-state index contributed by atoms with van der Waals surface area (Å²) in [6.07, 6.45) is 3.65. The number of hydrogen-bond donors (Lipinski definition) is 1. The molecule has 1 aromatic carbocycles. The van der Waals surface area contributed by atoms with E-state index in [0.29, 0.717) is 6.61 Å². The van der Waals surface area contributed by atoms with Crippen molar-refractivity contribution in [1.82, 2.24) is 9.88 Å². The lowest BCUT2D eigenvalue weighted by molar-refractivity contribution is -0.0146. The standard InChI is InChI=1S/C19H21BrN2O2/c1-22-9-6-14(7-10-22)19(23)16-5-4-15(20)11-17(16)24-12-13-3-2-8-21-18(13)19/h2-5,8,11,14,23H,6-7,9-10,12H2,1H3. The van der Waals surface area contributed by atoms with E-state index in [2.05, 4.69) is 32.9 Å². The number of piperidine rings is 1. The van der Waals surface area contributed by atoms with Crippen molar-refractivity contribution in [2.45, 2.75) is 25.0 Å². The average molecular weight is 389 g/mol. The number of pyridine rings is 1. The van der Waals surface area contributed by atoms with E-state index in [4.69, 9.17) is 4.74 Å². The van der Waals surface area contributed by atoms with E-state index in [1.165, 1.54) is 0 Å². The molecule has 126 valence electrons. The van der Waals surface area contributed by atoms with Gasteiger partial charge in [0.05, 0.1) is 5.69 Å². The average Bonchev–Trinajstić information content (AvgIpc) is 2.71. The van der Waals surface area contributed by atoms with Gasteiger partial charge >= 0.3 is 0 Å². The Kier molecular flexibility index (Phi) is 4.11. The van der Waals surface area contributed by atoms with Gasteiger partial charge in [-0.05, 0) is 51.2 Å². The number of benzene rings is 1. The number of nitrogens with zero attached hydrogens (tertiary/aromatic N) is 2. The number of fused-ring (bicyclic) bond motifs is 2. The van der Waals surface area contributed by atoms with Gasteiger partial charge in [-0.2, -0.15) is 0 Å². The minimum absolute atomic E-state index is 0.129. The summed E-state index contributed by atoms with van der Waals surface area (Å²) in [6.45, 7) is 2.41. The lowest BCUT2D eigenvalue weighted by atomic mass is 9.73. The van der Waals surface area contributed by atoms with Crippen LogP contribution in [0.5, 0.6) is 5.75 Å². The van der Waals surface area contributed by atoms with E-state index in [-0.39, 0.29) is 5.92 Å².